The van der Waals surface area contributed by atoms with Crippen molar-refractivity contribution >= 4 is 16.8 Å². The minimum Gasteiger partial charge on any atom is -0.481 e. The third kappa shape index (κ3) is 2.53. The van der Waals surface area contributed by atoms with Crippen LogP contribution in [0.15, 0.2) is 36.5 Å². The molecule has 0 aliphatic heterocycles. The second kappa shape index (κ2) is 5.52. The van der Waals surface area contributed by atoms with E-state index < -0.39 is 23.3 Å². The number of nitrogens with two attached hydrogens (primary N) is 1. The maximum atomic E-state index is 13.5. The number of hydrogen-bond acceptors (Lipinski definition) is 4. The van der Waals surface area contributed by atoms with Crippen LogP contribution >= 0.6 is 0 Å². The number of alkyl halides is 3. The van der Waals surface area contributed by atoms with Crippen LogP contribution in [-0.4, -0.2) is 27.8 Å². The number of para-hydroxylation sites is 1. The van der Waals surface area contributed by atoms with Crippen molar-refractivity contribution in [1.82, 2.24) is 14.8 Å². The number of ether oxygens (including phenoxy) is 1. The zero-order valence-electron chi connectivity index (χ0n) is 12.3. The van der Waals surface area contributed by atoms with Gasteiger partial charge in [0.25, 0.3) is 5.91 Å². The average molecular weight is 336 g/mol. The molecule has 1 aromatic carbocycles. The first-order valence-electron chi connectivity index (χ1n) is 6.72. The molecule has 0 saturated carbocycles. The third-order valence-electron chi connectivity index (χ3n) is 3.41. The average Bonchev–Trinajstić information content (AvgIpc) is 2.99. The first kappa shape index (κ1) is 15.8. The summed E-state index contributed by atoms with van der Waals surface area (Å²) in [6, 6.07) is 7.90. The topological polar surface area (TPSA) is 83.0 Å². The molecule has 0 saturated heterocycles. The summed E-state index contributed by atoms with van der Waals surface area (Å²) in [6.45, 7) is 0. The summed E-state index contributed by atoms with van der Waals surface area (Å²) < 4.78 is 46.0. The molecule has 0 fully saturated rings. The van der Waals surface area contributed by atoms with Gasteiger partial charge in [-0.25, -0.2) is 9.67 Å². The lowest BCUT2D eigenvalue weighted by Gasteiger charge is -2.14. The third-order valence-corrected chi connectivity index (χ3v) is 3.41. The fourth-order valence-electron chi connectivity index (χ4n) is 2.40. The van der Waals surface area contributed by atoms with Crippen LogP contribution in [0.2, 0.25) is 0 Å². The van der Waals surface area contributed by atoms with Gasteiger partial charge in [0, 0.05) is 11.5 Å². The lowest BCUT2D eigenvalue weighted by molar-refractivity contribution is -0.143. The fraction of sp³-hybridized carbons (Fsp3) is 0.133. The van der Waals surface area contributed by atoms with Crippen LogP contribution in [0.1, 0.15) is 16.1 Å². The van der Waals surface area contributed by atoms with Crippen LogP contribution in [-0.2, 0) is 6.18 Å². The van der Waals surface area contributed by atoms with Gasteiger partial charge in [0.05, 0.1) is 30.1 Å². The highest BCUT2D eigenvalue weighted by atomic mass is 19.4. The zero-order chi connectivity index (χ0) is 17.5. The van der Waals surface area contributed by atoms with Gasteiger partial charge in [-0.1, -0.05) is 18.2 Å². The number of benzene rings is 1. The Balaban J connectivity index is 2.38. The molecule has 2 aromatic heterocycles. The van der Waals surface area contributed by atoms with E-state index >= 15 is 0 Å². The van der Waals surface area contributed by atoms with Crippen molar-refractivity contribution < 1.29 is 22.7 Å². The van der Waals surface area contributed by atoms with E-state index in [1.54, 1.807) is 24.3 Å². The van der Waals surface area contributed by atoms with E-state index in [1.165, 1.54) is 13.2 Å². The molecule has 0 aliphatic carbocycles. The number of rotatable bonds is 3. The van der Waals surface area contributed by atoms with Gasteiger partial charge in [-0.2, -0.15) is 18.3 Å². The number of carbonyl (C=O) groups is 1. The molecule has 0 spiro atoms. The molecule has 3 rings (SSSR count). The molecule has 24 heavy (non-hydrogen) atoms. The summed E-state index contributed by atoms with van der Waals surface area (Å²) in [5.74, 6) is -1.09. The minimum absolute atomic E-state index is 0.0808. The van der Waals surface area contributed by atoms with Crippen molar-refractivity contribution in [2.24, 2.45) is 5.73 Å². The fourth-order valence-corrected chi connectivity index (χ4v) is 2.40. The minimum atomic E-state index is -4.82. The first-order chi connectivity index (χ1) is 11.3. The van der Waals surface area contributed by atoms with E-state index in [2.05, 4.69) is 10.1 Å². The van der Waals surface area contributed by atoms with Crippen molar-refractivity contribution in [2.45, 2.75) is 6.18 Å². The molecule has 3 aromatic rings. The van der Waals surface area contributed by atoms with Crippen LogP contribution < -0.4 is 10.5 Å². The largest absolute Gasteiger partial charge is 0.481 e. The first-order valence-corrected chi connectivity index (χ1v) is 6.72. The van der Waals surface area contributed by atoms with E-state index in [1.807, 2.05) is 0 Å². The molecule has 124 valence electrons. The van der Waals surface area contributed by atoms with Crippen LogP contribution in [0.5, 0.6) is 5.88 Å². The van der Waals surface area contributed by atoms with Crippen molar-refractivity contribution in [3.63, 3.8) is 0 Å². The molecule has 2 heterocycles. The van der Waals surface area contributed by atoms with Gasteiger partial charge < -0.3 is 10.5 Å². The van der Waals surface area contributed by atoms with Crippen LogP contribution in [0.3, 0.4) is 0 Å². The second-order valence-electron chi connectivity index (χ2n) is 4.88. The Morgan fingerprint density at radius 2 is 2.00 bits per heavy atom. The zero-order valence-corrected chi connectivity index (χ0v) is 12.3. The Labute approximate surface area is 133 Å². The van der Waals surface area contributed by atoms with Gasteiger partial charge in [0.1, 0.15) is 0 Å². The molecular weight excluding hydrogens is 325 g/mol. The van der Waals surface area contributed by atoms with Gasteiger partial charge >= 0.3 is 6.18 Å². The van der Waals surface area contributed by atoms with Gasteiger partial charge in [0.15, 0.2) is 5.69 Å². The molecule has 2 N–H and O–H groups in total. The van der Waals surface area contributed by atoms with Crippen molar-refractivity contribution in [1.29, 1.82) is 0 Å². The number of methoxy groups -OCH3 is 1. The molecule has 1 amide bonds. The summed E-state index contributed by atoms with van der Waals surface area (Å²) in [5.41, 5.74) is 3.60. The number of halogens is 3. The number of carbonyl (C=O) groups excluding carboxylic acids is 1. The van der Waals surface area contributed by atoms with Crippen molar-refractivity contribution in [2.75, 3.05) is 7.11 Å². The maximum Gasteiger partial charge on any atom is 0.434 e. The Morgan fingerprint density at radius 1 is 1.29 bits per heavy atom. The van der Waals surface area contributed by atoms with Crippen LogP contribution in [0, 0.1) is 0 Å². The number of fused-ring (bicyclic) bond motifs is 1. The molecule has 6 nitrogen and oxygen atoms in total. The van der Waals surface area contributed by atoms with Gasteiger partial charge in [-0.3, -0.25) is 4.79 Å². The van der Waals surface area contributed by atoms with Gasteiger partial charge in [-0.05, 0) is 6.07 Å². The van der Waals surface area contributed by atoms with Crippen LogP contribution in [0.4, 0.5) is 13.2 Å². The van der Waals surface area contributed by atoms with E-state index in [0.717, 1.165) is 6.20 Å². The van der Waals surface area contributed by atoms with Gasteiger partial charge in [-0.15, -0.1) is 0 Å². The molecule has 9 heteroatoms. The molecule has 0 radical (unpaired) electrons. The number of amides is 1. The molecular formula is C15H11F3N4O2. The number of hydrogen-bond donors (Lipinski definition) is 1. The van der Waals surface area contributed by atoms with E-state index in [-0.39, 0.29) is 11.6 Å². The number of primary amides is 1. The van der Waals surface area contributed by atoms with Crippen molar-refractivity contribution in [3.8, 4) is 11.6 Å². The normalized spacial score (nSPS) is 11.7. The van der Waals surface area contributed by atoms with E-state index in [0.29, 0.717) is 15.6 Å². The molecule has 0 unspecified atom stereocenters. The van der Waals surface area contributed by atoms with Crippen molar-refractivity contribution in [3.05, 3.63) is 47.8 Å². The Hall–Kier alpha value is -3.10. The van der Waals surface area contributed by atoms with Crippen LogP contribution in [0.25, 0.3) is 16.6 Å². The molecule has 0 aliphatic rings. The Bertz CT molecular complexity index is 934. The number of aromatic nitrogens is 3. The summed E-state index contributed by atoms with van der Waals surface area (Å²) in [5, 5.41) is 4.13. The summed E-state index contributed by atoms with van der Waals surface area (Å²) >= 11 is 0. The number of nitrogens with zero attached hydrogens (tertiary/aromatic N) is 3. The summed E-state index contributed by atoms with van der Waals surface area (Å²) in [4.78, 5) is 15.5. The van der Waals surface area contributed by atoms with Gasteiger partial charge in [0.2, 0.25) is 5.88 Å². The molecule has 0 atom stereocenters. The predicted molar refractivity (Wildman–Crippen MR) is 78.9 cm³/mol. The highest BCUT2D eigenvalue weighted by Crippen LogP contribution is 2.35. The summed E-state index contributed by atoms with van der Waals surface area (Å²) in [7, 11) is 1.35. The van der Waals surface area contributed by atoms with E-state index in [9.17, 15) is 18.0 Å². The SMILES string of the molecule is COc1cc(-n2ncc(C(N)=O)c2C(F)(F)F)c2ccccc2n1. The Morgan fingerprint density at radius 3 is 2.62 bits per heavy atom. The highest BCUT2D eigenvalue weighted by Gasteiger charge is 2.40. The lowest BCUT2D eigenvalue weighted by atomic mass is 10.1. The predicted octanol–water partition coefficient (Wildman–Crippen LogP) is 2.55. The van der Waals surface area contributed by atoms with E-state index in [4.69, 9.17) is 10.5 Å². The molecule has 0 bridgehead atoms. The number of pyridine rings is 1. The summed E-state index contributed by atoms with van der Waals surface area (Å²) in [6.07, 6.45) is -4.02. The standard InChI is InChI=1S/C15H11F3N4O2/c1-24-12-6-11(8-4-2-3-5-10(8)21-12)22-13(15(16,17)18)9(7-20-22)14(19)23/h2-7H,1H3,(H2,19,23). The quantitative estimate of drug-likeness (QED) is 0.797. The smallest absolute Gasteiger partial charge is 0.434 e. The lowest BCUT2D eigenvalue weighted by Crippen LogP contribution is -2.21. The maximum absolute atomic E-state index is 13.5. The monoisotopic (exact) mass is 336 g/mol. The second-order valence-corrected chi connectivity index (χ2v) is 4.88. The highest BCUT2D eigenvalue weighted by molar-refractivity contribution is 5.94. The Kier molecular flexibility index (Phi) is 3.63.